The van der Waals surface area contributed by atoms with Gasteiger partial charge in [-0.1, -0.05) is 48.5 Å². The number of aliphatic hydroxyl groups excluding tert-OH is 1. The molecule has 7 nitrogen and oxygen atoms in total. The number of anilines is 1. The summed E-state index contributed by atoms with van der Waals surface area (Å²) in [6, 6.07) is 21.4. The molecule has 180 valence electrons. The van der Waals surface area contributed by atoms with Crippen LogP contribution in [0.15, 0.2) is 77.7 Å². The topological polar surface area (TPSA) is 99.6 Å². The average Bonchev–Trinajstić information content (AvgIpc) is 3.54. The van der Waals surface area contributed by atoms with Gasteiger partial charge in [0.2, 0.25) is 15.9 Å². The third-order valence-electron chi connectivity index (χ3n) is 6.79. The lowest BCUT2D eigenvalue weighted by atomic mass is 9.95. The van der Waals surface area contributed by atoms with Crippen molar-refractivity contribution in [1.82, 2.24) is 9.29 Å². The normalized spacial score (nSPS) is 19.6. The predicted molar refractivity (Wildman–Crippen MR) is 134 cm³/mol. The fraction of sp³-hybridized carbons (Fsp3) is 0.308. The monoisotopic (exact) mass is 481 g/mol. The summed E-state index contributed by atoms with van der Waals surface area (Å²) in [7, 11) is -3.66. The summed E-state index contributed by atoms with van der Waals surface area (Å²) >= 11 is 0. The minimum Gasteiger partial charge on any atom is -0.395 e. The van der Waals surface area contributed by atoms with E-state index in [2.05, 4.69) is 10.3 Å². The first-order valence-electron chi connectivity index (χ1n) is 11.5. The Morgan fingerprint density at radius 2 is 1.79 bits per heavy atom. The molecule has 2 N–H and O–H groups in total. The first-order valence-corrected chi connectivity index (χ1v) is 13.0. The second-order valence-corrected chi connectivity index (χ2v) is 10.8. The third-order valence-corrected chi connectivity index (χ3v) is 8.76. The van der Waals surface area contributed by atoms with Gasteiger partial charge in [-0.25, -0.2) is 13.4 Å². The van der Waals surface area contributed by atoms with Crippen LogP contribution in [0.25, 0.3) is 11.3 Å². The molecule has 34 heavy (non-hydrogen) atoms. The zero-order chi connectivity index (χ0) is 23.8. The molecule has 2 aliphatic rings. The standard InChI is InChI=1S/C26H27N3O4S.2H2/c30-18-21-8-5-17-29(21)34(32,33)22-13-11-19(12-14-22)23-9-4-10-24(27-23)28-25(31)26(15-16-26)20-6-2-1-3-7-20;;/h1-4,6-7,9-14,21,30H,5,8,15-18H2,(H,27,28,31);2*1H/t21-;;/m1../s1. The zero-order valence-corrected chi connectivity index (χ0v) is 19.5. The molecule has 1 aliphatic heterocycles. The van der Waals surface area contributed by atoms with E-state index >= 15 is 0 Å². The van der Waals surface area contributed by atoms with Crippen molar-refractivity contribution in [2.75, 3.05) is 18.5 Å². The van der Waals surface area contributed by atoms with Gasteiger partial charge in [0.1, 0.15) is 5.82 Å². The van der Waals surface area contributed by atoms with Gasteiger partial charge in [-0.05, 0) is 55.5 Å². The number of aromatic nitrogens is 1. The van der Waals surface area contributed by atoms with Crippen LogP contribution in [0.1, 0.15) is 34.1 Å². The molecule has 0 radical (unpaired) electrons. The van der Waals surface area contributed by atoms with Crippen molar-refractivity contribution in [3.63, 3.8) is 0 Å². The highest BCUT2D eigenvalue weighted by Gasteiger charge is 2.51. The van der Waals surface area contributed by atoms with E-state index in [4.69, 9.17) is 0 Å². The van der Waals surface area contributed by atoms with Crippen LogP contribution in [0.5, 0.6) is 0 Å². The van der Waals surface area contributed by atoms with Gasteiger partial charge in [0.25, 0.3) is 0 Å². The molecule has 2 aromatic carbocycles. The lowest BCUT2D eigenvalue weighted by Crippen LogP contribution is -2.37. The predicted octanol–water partition coefficient (Wildman–Crippen LogP) is 4.06. The quantitative estimate of drug-likeness (QED) is 0.530. The van der Waals surface area contributed by atoms with Crippen molar-refractivity contribution in [1.29, 1.82) is 0 Å². The molecule has 1 amide bonds. The molecule has 5 rings (SSSR count). The minimum absolute atomic E-state index is 0. The van der Waals surface area contributed by atoms with Crippen LogP contribution in [0.3, 0.4) is 0 Å². The van der Waals surface area contributed by atoms with E-state index in [1.165, 1.54) is 4.31 Å². The zero-order valence-electron chi connectivity index (χ0n) is 18.7. The minimum atomic E-state index is -3.66. The molecule has 0 bridgehead atoms. The molecular formula is C26H31N3O4S. The number of nitrogens with zero attached hydrogens (tertiary/aromatic N) is 2. The van der Waals surface area contributed by atoms with Gasteiger partial charge in [-0.2, -0.15) is 4.31 Å². The van der Waals surface area contributed by atoms with Crippen molar-refractivity contribution in [3.8, 4) is 11.3 Å². The summed E-state index contributed by atoms with van der Waals surface area (Å²) in [5, 5.41) is 12.5. The number of carbonyl (C=O) groups is 1. The first kappa shape index (κ1) is 22.7. The van der Waals surface area contributed by atoms with E-state index in [-0.39, 0.29) is 26.3 Å². The summed E-state index contributed by atoms with van der Waals surface area (Å²) in [5.41, 5.74) is 1.92. The smallest absolute Gasteiger partial charge is 0.243 e. The number of rotatable bonds is 7. The number of aliphatic hydroxyl groups is 1. The average molecular weight is 482 g/mol. The lowest BCUT2D eigenvalue weighted by Gasteiger charge is -2.22. The number of pyridine rings is 1. The molecule has 8 heteroatoms. The van der Waals surface area contributed by atoms with E-state index in [0.29, 0.717) is 24.5 Å². The van der Waals surface area contributed by atoms with Crippen LogP contribution >= 0.6 is 0 Å². The molecule has 3 aromatic rings. The second kappa shape index (κ2) is 8.94. The molecular weight excluding hydrogens is 450 g/mol. The Bertz CT molecular complexity index is 1300. The summed E-state index contributed by atoms with van der Waals surface area (Å²) in [6.45, 7) is 0.244. The summed E-state index contributed by atoms with van der Waals surface area (Å²) in [6.07, 6.45) is 3.04. The second-order valence-electron chi connectivity index (χ2n) is 8.93. The van der Waals surface area contributed by atoms with Crippen LogP contribution in [0, 0.1) is 0 Å². The lowest BCUT2D eigenvalue weighted by molar-refractivity contribution is -0.118. The Balaban J connectivity index is 0.00000180. The Morgan fingerprint density at radius 3 is 2.47 bits per heavy atom. The number of nitrogens with one attached hydrogen (secondary N) is 1. The van der Waals surface area contributed by atoms with Gasteiger partial charge in [-0.3, -0.25) is 4.79 Å². The van der Waals surface area contributed by atoms with Crippen molar-refractivity contribution in [2.24, 2.45) is 0 Å². The third kappa shape index (κ3) is 4.13. The Hall–Kier alpha value is -3.07. The molecule has 2 heterocycles. The molecule has 1 aromatic heterocycles. The number of hydrogen-bond acceptors (Lipinski definition) is 5. The van der Waals surface area contributed by atoms with Crippen LogP contribution in [-0.4, -0.2) is 47.9 Å². The van der Waals surface area contributed by atoms with Gasteiger partial charge in [-0.15, -0.1) is 0 Å². The van der Waals surface area contributed by atoms with E-state index in [1.54, 1.807) is 30.3 Å². The van der Waals surface area contributed by atoms with Crippen LogP contribution in [0.2, 0.25) is 0 Å². The highest BCUT2D eigenvalue weighted by Crippen LogP contribution is 2.48. The van der Waals surface area contributed by atoms with Crippen LogP contribution < -0.4 is 5.32 Å². The van der Waals surface area contributed by atoms with Gasteiger partial charge in [0.15, 0.2) is 0 Å². The Kier molecular flexibility index (Phi) is 5.97. The number of benzene rings is 2. The van der Waals surface area contributed by atoms with E-state index in [1.807, 2.05) is 42.5 Å². The Morgan fingerprint density at radius 1 is 1.06 bits per heavy atom. The van der Waals surface area contributed by atoms with Gasteiger partial charge >= 0.3 is 0 Å². The maximum Gasteiger partial charge on any atom is 0.243 e. The molecule has 1 aliphatic carbocycles. The summed E-state index contributed by atoms with van der Waals surface area (Å²) < 4.78 is 27.4. The van der Waals surface area contributed by atoms with Crippen molar-refractivity contribution in [2.45, 2.75) is 42.0 Å². The fourth-order valence-electron chi connectivity index (χ4n) is 4.67. The van der Waals surface area contributed by atoms with Crippen molar-refractivity contribution < 1.29 is 21.2 Å². The van der Waals surface area contributed by atoms with Crippen LogP contribution in [0.4, 0.5) is 5.82 Å². The summed E-state index contributed by atoms with van der Waals surface area (Å²) in [4.78, 5) is 17.8. The molecule has 1 saturated carbocycles. The van der Waals surface area contributed by atoms with E-state index in [9.17, 15) is 18.3 Å². The number of sulfonamides is 1. The molecule has 0 unspecified atom stereocenters. The van der Waals surface area contributed by atoms with Crippen molar-refractivity contribution in [3.05, 3.63) is 78.4 Å². The SMILES string of the molecule is O=C(Nc1cccc(-c2ccc(S(=O)(=O)N3CCC[C@@H]3CO)cc2)n1)C1(c2ccccc2)CC1.[HH].[HH]. The number of amides is 1. The van der Waals surface area contributed by atoms with Gasteiger partial charge in [0.05, 0.1) is 22.6 Å². The largest absolute Gasteiger partial charge is 0.395 e. The number of hydrogen-bond donors (Lipinski definition) is 2. The Labute approximate surface area is 202 Å². The molecule has 1 atom stereocenters. The molecule has 0 spiro atoms. The first-order chi connectivity index (χ1) is 16.4. The fourth-order valence-corrected chi connectivity index (χ4v) is 6.36. The maximum absolute atomic E-state index is 13.0. The van der Waals surface area contributed by atoms with Gasteiger partial charge in [0, 0.05) is 21.0 Å². The highest BCUT2D eigenvalue weighted by molar-refractivity contribution is 7.89. The van der Waals surface area contributed by atoms with E-state index in [0.717, 1.165) is 30.4 Å². The van der Waals surface area contributed by atoms with Gasteiger partial charge < -0.3 is 10.4 Å². The maximum atomic E-state index is 13.0. The highest BCUT2D eigenvalue weighted by atomic mass is 32.2. The molecule has 1 saturated heterocycles. The molecule has 2 fully saturated rings. The van der Waals surface area contributed by atoms with Crippen LogP contribution in [-0.2, 0) is 20.2 Å². The number of carbonyl (C=O) groups excluding carboxylic acids is 1. The van der Waals surface area contributed by atoms with E-state index < -0.39 is 15.4 Å². The van der Waals surface area contributed by atoms with Crippen molar-refractivity contribution >= 4 is 21.7 Å². The summed E-state index contributed by atoms with van der Waals surface area (Å²) in [5.74, 6) is 0.401.